The maximum Gasteiger partial charge on any atom is 0.354 e. The smallest absolute Gasteiger partial charge is 0.354 e. The van der Waals surface area contributed by atoms with Crippen LogP contribution in [-0.4, -0.2) is 40.1 Å². The van der Waals surface area contributed by atoms with Crippen molar-refractivity contribution in [1.29, 1.82) is 0 Å². The number of anilines is 1. The molecule has 2 amide bonds. The number of nitrogens with zero attached hydrogens (tertiary/aromatic N) is 2. The molecule has 2 N–H and O–H groups in total. The first kappa shape index (κ1) is 15.9. The first-order valence-electron chi connectivity index (χ1n) is 6.73. The molecule has 0 saturated carbocycles. The lowest BCUT2D eigenvalue weighted by molar-refractivity contribution is 0.0690. The standard InChI is InChI=1S/C14H21N3O3/c1-4-10(3)9-17(5-2)14(20)16-11-6-7-12(13(18)19)15-8-11/h6-8,10H,4-5,9H2,1-3H3,(H,16,20)(H,18,19). The number of aromatic nitrogens is 1. The van der Waals surface area contributed by atoms with Crippen LogP contribution < -0.4 is 5.32 Å². The number of hydrogen-bond donors (Lipinski definition) is 2. The van der Waals surface area contributed by atoms with Gasteiger partial charge < -0.3 is 15.3 Å². The Morgan fingerprint density at radius 3 is 2.55 bits per heavy atom. The summed E-state index contributed by atoms with van der Waals surface area (Å²) in [5, 5.41) is 11.5. The van der Waals surface area contributed by atoms with Crippen LogP contribution in [0.5, 0.6) is 0 Å². The van der Waals surface area contributed by atoms with Crippen LogP contribution in [0.15, 0.2) is 18.3 Å². The van der Waals surface area contributed by atoms with Gasteiger partial charge in [0, 0.05) is 13.1 Å². The highest BCUT2D eigenvalue weighted by Gasteiger charge is 2.14. The number of urea groups is 1. The van der Waals surface area contributed by atoms with Gasteiger partial charge in [0.15, 0.2) is 0 Å². The first-order chi connectivity index (χ1) is 9.47. The molecular weight excluding hydrogens is 258 g/mol. The van der Waals surface area contributed by atoms with E-state index in [2.05, 4.69) is 24.1 Å². The molecule has 110 valence electrons. The molecule has 0 aliphatic rings. The van der Waals surface area contributed by atoms with Crippen LogP contribution >= 0.6 is 0 Å². The molecule has 6 heteroatoms. The fourth-order valence-corrected chi connectivity index (χ4v) is 1.66. The van der Waals surface area contributed by atoms with Crippen LogP contribution in [0.3, 0.4) is 0 Å². The SMILES string of the molecule is CCC(C)CN(CC)C(=O)Nc1ccc(C(=O)O)nc1. The summed E-state index contributed by atoms with van der Waals surface area (Å²) in [5.74, 6) is -0.650. The zero-order valence-electron chi connectivity index (χ0n) is 12.1. The average molecular weight is 279 g/mol. The van der Waals surface area contributed by atoms with E-state index in [1.165, 1.54) is 18.3 Å². The second-order valence-corrected chi connectivity index (χ2v) is 4.72. The second-order valence-electron chi connectivity index (χ2n) is 4.72. The molecule has 0 saturated heterocycles. The number of carbonyl (C=O) groups is 2. The van der Waals surface area contributed by atoms with E-state index in [1.54, 1.807) is 4.90 Å². The lowest BCUT2D eigenvalue weighted by atomic mass is 10.1. The van der Waals surface area contributed by atoms with Crippen molar-refractivity contribution < 1.29 is 14.7 Å². The van der Waals surface area contributed by atoms with Gasteiger partial charge in [-0.2, -0.15) is 0 Å². The zero-order chi connectivity index (χ0) is 15.1. The van der Waals surface area contributed by atoms with Gasteiger partial charge in [-0.1, -0.05) is 20.3 Å². The lowest BCUT2D eigenvalue weighted by Gasteiger charge is -2.24. The van der Waals surface area contributed by atoms with E-state index in [1.807, 2.05) is 6.92 Å². The highest BCUT2D eigenvalue weighted by molar-refractivity contribution is 5.90. The van der Waals surface area contributed by atoms with E-state index < -0.39 is 5.97 Å². The van der Waals surface area contributed by atoms with Gasteiger partial charge in [0.2, 0.25) is 0 Å². The summed E-state index contributed by atoms with van der Waals surface area (Å²) in [7, 11) is 0. The minimum absolute atomic E-state index is 0.0463. The third-order valence-electron chi connectivity index (χ3n) is 3.13. The molecular formula is C14H21N3O3. The number of aromatic carboxylic acids is 1. The van der Waals surface area contributed by atoms with E-state index in [-0.39, 0.29) is 11.7 Å². The molecule has 0 spiro atoms. The quantitative estimate of drug-likeness (QED) is 0.838. The number of hydrogen-bond acceptors (Lipinski definition) is 3. The van der Waals surface area contributed by atoms with Gasteiger partial charge in [-0.15, -0.1) is 0 Å². The van der Waals surface area contributed by atoms with Crippen molar-refractivity contribution in [1.82, 2.24) is 9.88 Å². The van der Waals surface area contributed by atoms with E-state index >= 15 is 0 Å². The summed E-state index contributed by atoms with van der Waals surface area (Å²) in [6.07, 6.45) is 2.36. The Bertz CT molecular complexity index is 459. The summed E-state index contributed by atoms with van der Waals surface area (Å²) >= 11 is 0. The normalized spacial score (nSPS) is 11.8. The van der Waals surface area contributed by atoms with E-state index in [4.69, 9.17) is 5.11 Å². The molecule has 0 bridgehead atoms. The maximum atomic E-state index is 12.1. The van der Waals surface area contributed by atoms with Gasteiger partial charge in [0.25, 0.3) is 0 Å². The first-order valence-corrected chi connectivity index (χ1v) is 6.73. The Balaban J connectivity index is 2.66. The maximum absolute atomic E-state index is 12.1. The van der Waals surface area contributed by atoms with Gasteiger partial charge in [-0.05, 0) is 25.0 Å². The number of carboxylic acids is 1. The molecule has 0 aliphatic heterocycles. The van der Waals surface area contributed by atoms with Crippen molar-refractivity contribution in [2.45, 2.75) is 27.2 Å². The minimum Gasteiger partial charge on any atom is -0.477 e. The number of pyridine rings is 1. The minimum atomic E-state index is -1.09. The van der Waals surface area contributed by atoms with Crippen LogP contribution in [0.4, 0.5) is 10.5 Å². The molecule has 1 rings (SSSR count). The average Bonchev–Trinajstić information content (AvgIpc) is 2.44. The number of carboxylic acid groups (broad SMARTS) is 1. The van der Waals surface area contributed by atoms with E-state index in [0.717, 1.165) is 6.42 Å². The number of carbonyl (C=O) groups excluding carboxylic acids is 1. The molecule has 0 aromatic carbocycles. The molecule has 20 heavy (non-hydrogen) atoms. The molecule has 0 radical (unpaired) electrons. The monoisotopic (exact) mass is 279 g/mol. The van der Waals surface area contributed by atoms with Crippen molar-refractivity contribution in [3.63, 3.8) is 0 Å². The Morgan fingerprint density at radius 1 is 1.40 bits per heavy atom. The summed E-state index contributed by atoms with van der Waals surface area (Å²) < 4.78 is 0. The molecule has 1 heterocycles. The van der Waals surface area contributed by atoms with Crippen molar-refractivity contribution in [3.8, 4) is 0 Å². The van der Waals surface area contributed by atoms with Crippen LogP contribution in [0, 0.1) is 5.92 Å². The summed E-state index contributed by atoms with van der Waals surface area (Å²) in [4.78, 5) is 28.3. The zero-order valence-corrected chi connectivity index (χ0v) is 12.1. The van der Waals surface area contributed by atoms with Gasteiger partial charge in [-0.3, -0.25) is 0 Å². The van der Waals surface area contributed by atoms with Crippen molar-refractivity contribution >= 4 is 17.7 Å². The topological polar surface area (TPSA) is 82.5 Å². The Kier molecular flexibility index (Phi) is 5.96. The molecule has 1 aromatic rings. The van der Waals surface area contributed by atoms with E-state index in [0.29, 0.717) is 24.7 Å². The second kappa shape index (κ2) is 7.47. The summed E-state index contributed by atoms with van der Waals surface area (Å²) in [6.45, 7) is 7.42. The number of amides is 2. The fourth-order valence-electron chi connectivity index (χ4n) is 1.66. The Hall–Kier alpha value is -2.11. The Morgan fingerprint density at radius 2 is 2.10 bits per heavy atom. The highest BCUT2D eigenvalue weighted by Crippen LogP contribution is 2.10. The van der Waals surface area contributed by atoms with Gasteiger partial charge in [0.05, 0.1) is 11.9 Å². The van der Waals surface area contributed by atoms with Crippen LogP contribution in [0.1, 0.15) is 37.7 Å². The van der Waals surface area contributed by atoms with E-state index in [9.17, 15) is 9.59 Å². The predicted octanol–water partition coefficient (Wildman–Crippen LogP) is 2.68. The third kappa shape index (κ3) is 4.53. The molecule has 1 atom stereocenters. The Labute approximate surface area is 118 Å². The van der Waals surface area contributed by atoms with Crippen molar-refractivity contribution in [2.75, 3.05) is 18.4 Å². The van der Waals surface area contributed by atoms with Gasteiger partial charge >= 0.3 is 12.0 Å². The third-order valence-corrected chi connectivity index (χ3v) is 3.13. The van der Waals surface area contributed by atoms with Gasteiger partial charge in [0.1, 0.15) is 5.69 Å². The highest BCUT2D eigenvalue weighted by atomic mass is 16.4. The largest absolute Gasteiger partial charge is 0.477 e. The summed E-state index contributed by atoms with van der Waals surface area (Å²) in [5.41, 5.74) is 0.442. The predicted molar refractivity (Wildman–Crippen MR) is 76.9 cm³/mol. The van der Waals surface area contributed by atoms with Crippen LogP contribution in [0.25, 0.3) is 0 Å². The fraction of sp³-hybridized carbons (Fsp3) is 0.500. The molecule has 1 aromatic heterocycles. The van der Waals surface area contributed by atoms with Crippen molar-refractivity contribution in [3.05, 3.63) is 24.0 Å². The molecule has 0 aliphatic carbocycles. The van der Waals surface area contributed by atoms with Crippen LogP contribution in [0.2, 0.25) is 0 Å². The lowest BCUT2D eigenvalue weighted by Crippen LogP contribution is -2.37. The molecule has 1 unspecified atom stereocenters. The number of nitrogens with one attached hydrogen (secondary N) is 1. The summed E-state index contributed by atoms with van der Waals surface area (Å²) in [6, 6.07) is 2.70. The molecule has 6 nitrogen and oxygen atoms in total. The number of rotatable bonds is 6. The van der Waals surface area contributed by atoms with Crippen LogP contribution in [-0.2, 0) is 0 Å². The molecule has 0 fully saturated rings. The van der Waals surface area contributed by atoms with Crippen molar-refractivity contribution in [2.24, 2.45) is 5.92 Å². The van der Waals surface area contributed by atoms with Gasteiger partial charge in [-0.25, -0.2) is 14.6 Å².